The first kappa shape index (κ1) is 105. The summed E-state index contributed by atoms with van der Waals surface area (Å²) < 4.78 is 72.8. The third-order valence-corrected chi connectivity index (χ3v) is 23.7. The number of allylic oxidation sites excluding steroid dienone is 1. The topological polar surface area (TPSA) is 542 Å². The van der Waals surface area contributed by atoms with E-state index in [1.807, 2.05) is 6.08 Å². The van der Waals surface area contributed by atoms with Gasteiger partial charge in [0.15, 0.2) is 37.7 Å². The molecule has 0 aromatic heterocycles. The second-order valence-electron chi connectivity index (χ2n) is 33.5. The van der Waals surface area contributed by atoms with Gasteiger partial charge < -0.3 is 160 Å². The minimum atomic E-state index is -2.25. The van der Waals surface area contributed by atoms with Crippen molar-refractivity contribution >= 4 is 17.7 Å². The Kier molecular flexibility index (Phi) is 50.8. The highest BCUT2D eigenvalue weighted by molar-refractivity contribution is 5.76. The molecule has 0 saturated carbocycles. The molecule has 0 radical (unpaired) electrons. The quantitative estimate of drug-likeness (QED) is 0.0304. The average Bonchev–Trinajstić information content (AvgIpc) is 0.758. The van der Waals surface area contributed by atoms with Crippen LogP contribution in [0.15, 0.2) is 12.2 Å². The SMILES string of the molecule is CCCCCCCCCCCCC/C=C/[C@@H](O)[C@H](CO[C@@H]1OC(CO)[C@@H](O[C@@H]2OC(CO)[C@H](O)[C@H](O[C@@H]3OC(CO)[C@@H](O)[C@H](O[C@@H]4OC(CO)[C@H](O)[C@H](O[C@H]5OC(CO)[C@H](O)[C@H](O)C5NC(C)=O)C4O[C@H]4OC(C)[C@@H](O)C(O)[C@@H]4O)C3NC(C)=O)C2O)[C@H](O)C1O)NC(=O)CCCCCCCCCCCCCCCCCCCCCCCCC. The van der Waals surface area contributed by atoms with Crippen LogP contribution in [0.25, 0.3) is 0 Å². The molecule has 0 aliphatic carbocycles. The highest BCUT2D eigenvalue weighted by Gasteiger charge is 2.59. The van der Waals surface area contributed by atoms with Crippen LogP contribution in [0.5, 0.6) is 0 Å². The summed E-state index contributed by atoms with van der Waals surface area (Å²) >= 11 is 0. The predicted molar refractivity (Wildman–Crippen MR) is 429 cm³/mol. The Balaban J connectivity index is 1.11. The van der Waals surface area contributed by atoms with Crippen molar-refractivity contribution in [3.63, 3.8) is 0 Å². The van der Waals surface area contributed by atoms with Gasteiger partial charge in [-0.3, -0.25) is 14.4 Å². The Morgan fingerprint density at radius 2 is 0.706 bits per heavy atom. The normalized spacial score (nSPS) is 35.7. The molecule has 35 heteroatoms. The third-order valence-electron chi connectivity index (χ3n) is 23.7. The van der Waals surface area contributed by atoms with E-state index >= 15 is 0 Å². The van der Waals surface area contributed by atoms with E-state index in [0.29, 0.717) is 12.8 Å². The van der Waals surface area contributed by atoms with Crippen LogP contribution in [-0.4, -0.2) is 340 Å². The zero-order valence-electron chi connectivity index (χ0n) is 71.1. The van der Waals surface area contributed by atoms with Crippen LogP contribution in [0.2, 0.25) is 0 Å². The maximum Gasteiger partial charge on any atom is 0.220 e. The van der Waals surface area contributed by atoms with Crippen LogP contribution in [0.1, 0.15) is 266 Å². The molecule has 119 heavy (non-hydrogen) atoms. The van der Waals surface area contributed by atoms with E-state index in [2.05, 4.69) is 29.8 Å². The van der Waals surface area contributed by atoms with Crippen molar-refractivity contribution in [1.29, 1.82) is 0 Å². The van der Waals surface area contributed by atoms with E-state index in [0.717, 1.165) is 65.2 Å². The van der Waals surface area contributed by atoms with Crippen LogP contribution in [0.3, 0.4) is 0 Å². The smallest absolute Gasteiger partial charge is 0.220 e. The Morgan fingerprint density at radius 3 is 1.18 bits per heavy atom. The van der Waals surface area contributed by atoms with Gasteiger partial charge >= 0.3 is 0 Å². The molecule has 0 aromatic rings. The van der Waals surface area contributed by atoms with Crippen molar-refractivity contribution in [3.05, 3.63) is 12.2 Å². The molecule has 6 aliphatic heterocycles. The molecule has 35 nitrogen and oxygen atoms in total. The lowest BCUT2D eigenvalue weighted by atomic mass is 9.93. The highest BCUT2D eigenvalue weighted by atomic mass is 16.8. The summed E-state index contributed by atoms with van der Waals surface area (Å²) in [5.41, 5.74) is 0. The number of carbonyl (C=O) groups excluding carboxylic acids is 3. The van der Waals surface area contributed by atoms with Crippen LogP contribution < -0.4 is 16.0 Å². The Hall–Kier alpha value is -3.01. The fourth-order valence-electron chi connectivity index (χ4n) is 16.4. The second kappa shape index (κ2) is 57.6. The largest absolute Gasteiger partial charge is 0.394 e. The molecule has 696 valence electrons. The lowest BCUT2D eigenvalue weighted by Crippen LogP contribution is -2.71. The van der Waals surface area contributed by atoms with Crippen LogP contribution in [0, 0.1) is 0 Å². The van der Waals surface area contributed by atoms with Gasteiger partial charge in [0, 0.05) is 20.3 Å². The van der Waals surface area contributed by atoms with Gasteiger partial charge in [-0.2, -0.15) is 0 Å². The van der Waals surface area contributed by atoms with E-state index in [1.54, 1.807) is 6.08 Å². The number of ether oxygens (including phenoxy) is 12. The van der Waals surface area contributed by atoms with E-state index in [4.69, 9.17) is 56.8 Å². The fraction of sp³-hybridized carbons (Fsp3) is 0.940. The Labute approximate surface area is 702 Å². The van der Waals surface area contributed by atoms with Gasteiger partial charge in [0.25, 0.3) is 0 Å². The number of rotatable bonds is 59. The average molecular weight is 1720 g/mol. The number of aliphatic hydroxyl groups excluding tert-OH is 17. The molecule has 3 amide bonds. The minimum absolute atomic E-state index is 0.170. The maximum absolute atomic E-state index is 13.7. The molecule has 6 saturated heterocycles. The molecular weight excluding hydrogens is 1560 g/mol. The van der Waals surface area contributed by atoms with Crippen LogP contribution >= 0.6 is 0 Å². The number of hydrogen-bond donors (Lipinski definition) is 20. The molecule has 32 atom stereocenters. The Bertz CT molecular complexity index is 2730. The van der Waals surface area contributed by atoms with Crippen molar-refractivity contribution in [1.82, 2.24) is 16.0 Å². The first-order valence-electron chi connectivity index (χ1n) is 44.8. The summed E-state index contributed by atoms with van der Waals surface area (Å²) in [7, 11) is 0. The monoisotopic (exact) mass is 1720 g/mol. The van der Waals surface area contributed by atoms with Crippen molar-refractivity contribution in [2.24, 2.45) is 0 Å². The molecular formula is C84H153N3O32. The number of amides is 3. The van der Waals surface area contributed by atoms with E-state index in [9.17, 15) is 101 Å². The summed E-state index contributed by atoms with van der Waals surface area (Å²) in [4.78, 5) is 39.5. The summed E-state index contributed by atoms with van der Waals surface area (Å²) in [5.74, 6) is -2.05. The van der Waals surface area contributed by atoms with Crippen molar-refractivity contribution in [3.8, 4) is 0 Å². The summed E-state index contributed by atoms with van der Waals surface area (Å²) in [6.45, 7) is 2.26. The predicted octanol–water partition coefficient (Wildman–Crippen LogP) is 1.72. The van der Waals surface area contributed by atoms with E-state index in [-0.39, 0.29) is 12.3 Å². The Morgan fingerprint density at radius 1 is 0.345 bits per heavy atom. The third kappa shape index (κ3) is 33.9. The van der Waals surface area contributed by atoms with Gasteiger partial charge in [-0.25, -0.2) is 0 Å². The van der Waals surface area contributed by atoms with E-state index in [1.165, 1.54) is 167 Å². The van der Waals surface area contributed by atoms with E-state index < -0.39 is 248 Å². The van der Waals surface area contributed by atoms with Crippen LogP contribution in [0.4, 0.5) is 0 Å². The minimum Gasteiger partial charge on any atom is -0.394 e. The molecule has 6 rings (SSSR count). The van der Waals surface area contributed by atoms with Crippen LogP contribution in [-0.2, 0) is 71.2 Å². The van der Waals surface area contributed by atoms with Gasteiger partial charge in [0.1, 0.15) is 140 Å². The van der Waals surface area contributed by atoms with Crippen molar-refractivity contribution in [2.45, 2.75) is 462 Å². The fourth-order valence-corrected chi connectivity index (χ4v) is 16.4. The number of hydrogen-bond acceptors (Lipinski definition) is 32. The number of carbonyl (C=O) groups is 3. The molecule has 12 unspecified atom stereocenters. The van der Waals surface area contributed by atoms with Gasteiger partial charge in [0.05, 0.1) is 57.9 Å². The standard InChI is InChI=1S/C84H153N3O32/c1-6-8-10-12-14-16-18-20-21-22-23-24-25-26-27-28-29-31-33-35-37-39-41-43-60(96)87-53(54(95)42-40-38-36-34-32-30-19-17-15-13-11-9-7-2)49-108-81-72(106)70(104)74(59(48-92)114-81)115-83-73(107)76(66(100)57(46-90)112-83)117-80-62(86-52(5)94)75(65(99)56(45-89)111-80)116-84-78(119-82-71(105)69(103)63(97)50(3)109-82)77(67(101)58(47-91)113-84)118-79-61(85-51(4)93)68(102)64(98)55(44-88)110-79/h40,42,50,53-59,61-84,88-92,95,97-107H,6-39,41,43-49H2,1-5H3,(H,85,93)(H,86,94)(H,87,96)/b42-40+/t50?,53-,54+,55?,56?,57?,58?,59?,61?,62?,63+,64-,65+,66-,67-,68+,69?,70+,71-,72?,73?,74+,75+,76-,77-,78?,79+,80-,81+,82+,83-,84-/m0/s1. The van der Waals surface area contributed by atoms with Gasteiger partial charge in [-0.1, -0.05) is 231 Å². The maximum atomic E-state index is 13.7. The number of aliphatic hydroxyl groups is 17. The zero-order valence-corrected chi connectivity index (χ0v) is 71.1. The number of nitrogens with one attached hydrogen (secondary N) is 3. The molecule has 6 fully saturated rings. The first-order valence-corrected chi connectivity index (χ1v) is 44.8. The highest BCUT2D eigenvalue weighted by Crippen LogP contribution is 2.39. The molecule has 20 N–H and O–H groups in total. The molecule has 0 bridgehead atoms. The molecule has 0 spiro atoms. The van der Waals surface area contributed by atoms with Crippen molar-refractivity contribution < 1.29 is 158 Å². The number of unbranched alkanes of at least 4 members (excludes halogenated alkanes) is 33. The lowest BCUT2D eigenvalue weighted by molar-refractivity contribution is -0.401. The second-order valence-corrected chi connectivity index (χ2v) is 33.5. The molecule has 0 aromatic carbocycles. The zero-order chi connectivity index (χ0) is 86.9. The lowest BCUT2D eigenvalue weighted by Gasteiger charge is -2.52. The summed E-state index contributed by atoms with van der Waals surface area (Å²) in [5, 5.41) is 199. The van der Waals surface area contributed by atoms with Gasteiger partial charge in [0.2, 0.25) is 17.7 Å². The van der Waals surface area contributed by atoms with Crippen molar-refractivity contribution in [2.75, 3.05) is 39.6 Å². The van der Waals surface area contributed by atoms with Gasteiger partial charge in [-0.05, 0) is 26.2 Å². The summed E-state index contributed by atoms with van der Waals surface area (Å²) in [6.07, 6.45) is -9.95. The molecule has 6 heterocycles. The first-order chi connectivity index (χ1) is 57.3. The summed E-state index contributed by atoms with van der Waals surface area (Å²) in [6, 6.07) is -4.69. The molecule has 6 aliphatic rings. The van der Waals surface area contributed by atoms with Gasteiger partial charge in [-0.15, -0.1) is 0 Å².